The molecule has 2 aromatic rings. The average molecular weight is 363 g/mol. The normalized spacial score (nSPS) is 10.6. The summed E-state index contributed by atoms with van der Waals surface area (Å²) >= 11 is 1.19. The summed E-state index contributed by atoms with van der Waals surface area (Å²) in [4.78, 5) is 36.1. The van der Waals surface area contributed by atoms with Gasteiger partial charge in [-0.05, 0) is 30.7 Å². The van der Waals surface area contributed by atoms with Crippen molar-refractivity contribution in [1.82, 2.24) is 10.6 Å². The highest BCUT2D eigenvalue weighted by molar-refractivity contribution is 7.18. The smallest absolute Gasteiger partial charge is 0.291 e. The van der Waals surface area contributed by atoms with Gasteiger partial charge in [0, 0.05) is 19.0 Å². The molecule has 0 saturated heterocycles. The minimum absolute atomic E-state index is 0.0514. The summed E-state index contributed by atoms with van der Waals surface area (Å²) in [5.41, 5.74) is 0.767. The Labute approximate surface area is 149 Å². The van der Waals surface area contributed by atoms with Gasteiger partial charge in [0.2, 0.25) is 5.91 Å². The van der Waals surface area contributed by atoms with Crippen LogP contribution < -0.4 is 16.0 Å². The molecule has 0 unspecified atom stereocenters. The van der Waals surface area contributed by atoms with E-state index in [1.807, 2.05) is 13.8 Å². The standard InChI is InChI=1S/C17H21N3O4S/c1-10(2)15(21)18-6-7-19-17(23)14-11(3)9-13(25-14)20-16(22)12-5-4-8-24-12/h4-5,8-10H,6-7H2,1-3H3,(H,18,21)(H,19,23)(H,20,22). The first-order chi connectivity index (χ1) is 11.9. The fourth-order valence-corrected chi connectivity index (χ4v) is 2.98. The highest BCUT2D eigenvalue weighted by atomic mass is 32.1. The molecule has 0 aliphatic heterocycles. The van der Waals surface area contributed by atoms with Crippen molar-refractivity contribution in [1.29, 1.82) is 0 Å². The topological polar surface area (TPSA) is 100 Å². The molecule has 0 aromatic carbocycles. The first-order valence-corrected chi connectivity index (χ1v) is 8.71. The van der Waals surface area contributed by atoms with Gasteiger partial charge in [-0.2, -0.15) is 0 Å². The maximum Gasteiger partial charge on any atom is 0.291 e. The molecule has 0 aliphatic carbocycles. The highest BCUT2D eigenvalue weighted by Gasteiger charge is 2.16. The lowest BCUT2D eigenvalue weighted by Crippen LogP contribution is -2.36. The molecule has 0 bridgehead atoms. The monoisotopic (exact) mass is 363 g/mol. The summed E-state index contributed by atoms with van der Waals surface area (Å²) in [7, 11) is 0. The highest BCUT2D eigenvalue weighted by Crippen LogP contribution is 2.27. The van der Waals surface area contributed by atoms with Gasteiger partial charge in [-0.3, -0.25) is 14.4 Å². The van der Waals surface area contributed by atoms with Crippen LogP contribution in [0.5, 0.6) is 0 Å². The van der Waals surface area contributed by atoms with Crippen LogP contribution in [0.3, 0.4) is 0 Å². The van der Waals surface area contributed by atoms with Crippen molar-refractivity contribution < 1.29 is 18.8 Å². The second-order valence-electron chi connectivity index (χ2n) is 5.76. The van der Waals surface area contributed by atoms with Crippen molar-refractivity contribution in [2.75, 3.05) is 18.4 Å². The number of nitrogens with one attached hydrogen (secondary N) is 3. The number of hydrogen-bond donors (Lipinski definition) is 3. The predicted octanol–water partition coefficient (Wildman–Crippen LogP) is 2.40. The van der Waals surface area contributed by atoms with Gasteiger partial charge in [-0.25, -0.2) is 0 Å². The quantitative estimate of drug-likeness (QED) is 0.658. The Morgan fingerprint density at radius 3 is 2.52 bits per heavy atom. The van der Waals surface area contributed by atoms with Gasteiger partial charge in [0.15, 0.2) is 5.76 Å². The predicted molar refractivity (Wildman–Crippen MR) is 95.9 cm³/mol. The molecule has 2 aromatic heterocycles. The van der Waals surface area contributed by atoms with Crippen molar-refractivity contribution in [2.24, 2.45) is 5.92 Å². The van der Waals surface area contributed by atoms with E-state index in [9.17, 15) is 14.4 Å². The number of carbonyl (C=O) groups excluding carboxylic acids is 3. The van der Waals surface area contributed by atoms with Crippen LogP contribution in [0.2, 0.25) is 0 Å². The Kier molecular flexibility index (Phi) is 6.35. The molecule has 0 fully saturated rings. The van der Waals surface area contributed by atoms with E-state index >= 15 is 0 Å². The third kappa shape index (κ3) is 5.18. The molecule has 8 heteroatoms. The summed E-state index contributed by atoms with van der Waals surface area (Å²) in [5.74, 6) is -0.535. The van der Waals surface area contributed by atoms with E-state index in [2.05, 4.69) is 16.0 Å². The first-order valence-electron chi connectivity index (χ1n) is 7.89. The largest absolute Gasteiger partial charge is 0.459 e. The van der Waals surface area contributed by atoms with Gasteiger partial charge in [0.25, 0.3) is 11.8 Å². The Morgan fingerprint density at radius 2 is 1.88 bits per heavy atom. The molecule has 2 rings (SSSR count). The van der Waals surface area contributed by atoms with Gasteiger partial charge in [0.1, 0.15) is 0 Å². The molecule has 0 spiro atoms. The third-order valence-corrected chi connectivity index (χ3v) is 4.49. The molecule has 134 valence electrons. The number of thiophene rings is 1. The molecule has 3 N–H and O–H groups in total. The van der Waals surface area contributed by atoms with Crippen molar-refractivity contribution in [2.45, 2.75) is 20.8 Å². The number of furan rings is 1. The molecule has 7 nitrogen and oxygen atoms in total. The van der Waals surface area contributed by atoms with E-state index < -0.39 is 0 Å². The number of aryl methyl sites for hydroxylation is 1. The SMILES string of the molecule is Cc1cc(NC(=O)c2ccco2)sc1C(=O)NCCNC(=O)C(C)C. The summed E-state index contributed by atoms with van der Waals surface area (Å²) in [6.07, 6.45) is 1.42. The second-order valence-corrected chi connectivity index (χ2v) is 6.81. The molecule has 0 aliphatic rings. The number of rotatable bonds is 7. The number of hydrogen-bond acceptors (Lipinski definition) is 5. The van der Waals surface area contributed by atoms with Crippen LogP contribution in [0.25, 0.3) is 0 Å². The van der Waals surface area contributed by atoms with E-state index in [1.165, 1.54) is 17.6 Å². The molecule has 0 radical (unpaired) electrons. The number of anilines is 1. The Bertz CT molecular complexity index is 750. The van der Waals surface area contributed by atoms with Gasteiger partial charge >= 0.3 is 0 Å². The van der Waals surface area contributed by atoms with Gasteiger partial charge < -0.3 is 20.4 Å². The van der Waals surface area contributed by atoms with Crippen LogP contribution in [0, 0.1) is 12.8 Å². The zero-order chi connectivity index (χ0) is 18.4. The summed E-state index contributed by atoms with van der Waals surface area (Å²) in [5, 5.41) is 8.76. The summed E-state index contributed by atoms with van der Waals surface area (Å²) in [6.45, 7) is 6.12. The van der Waals surface area contributed by atoms with E-state index in [1.54, 1.807) is 25.1 Å². The van der Waals surface area contributed by atoms with E-state index in [0.29, 0.717) is 23.0 Å². The molecule has 2 heterocycles. The fraction of sp³-hybridized carbons (Fsp3) is 0.353. The van der Waals surface area contributed by atoms with E-state index in [4.69, 9.17) is 4.42 Å². The Balaban J connectivity index is 1.87. The minimum atomic E-state index is -0.366. The lowest BCUT2D eigenvalue weighted by Gasteiger charge is -2.08. The van der Waals surface area contributed by atoms with Crippen molar-refractivity contribution in [3.05, 3.63) is 40.7 Å². The zero-order valence-electron chi connectivity index (χ0n) is 14.3. The van der Waals surface area contributed by atoms with E-state index in [-0.39, 0.29) is 29.4 Å². The van der Waals surface area contributed by atoms with Crippen LogP contribution in [0.1, 0.15) is 39.6 Å². The molecule has 3 amide bonds. The van der Waals surface area contributed by atoms with Gasteiger partial charge in [-0.15, -0.1) is 11.3 Å². The molecular weight excluding hydrogens is 342 g/mol. The van der Waals surface area contributed by atoms with Crippen molar-refractivity contribution >= 4 is 34.1 Å². The minimum Gasteiger partial charge on any atom is -0.459 e. The first kappa shape index (κ1) is 18.7. The molecule has 0 saturated carbocycles. The summed E-state index contributed by atoms with van der Waals surface area (Å²) < 4.78 is 5.03. The fourth-order valence-electron chi connectivity index (χ4n) is 2.00. The average Bonchev–Trinajstić information content (AvgIpc) is 3.20. The van der Waals surface area contributed by atoms with Gasteiger partial charge in [-0.1, -0.05) is 13.8 Å². The Hall–Kier alpha value is -2.61. The molecule has 25 heavy (non-hydrogen) atoms. The third-order valence-electron chi connectivity index (χ3n) is 3.34. The van der Waals surface area contributed by atoms with Crippen LogP contribution in [0.4, 0.5) is 5.00 Å². The molecular formula is C17H21N3O4S. The van der Waals surface area contributed by atoms with Crippen molar-refractivity contribution in [3.8, 4) is 0 Å². The lowest BCUT2D eigenvalue weighted by molar-refractivity contribution is -0.123. The molecule has 0 atom stereocenters. The number of amides is 3. The zero-order valence-corrected chi connectivity index (χ0v) is 15.2. The van der Waals surface area contributed by atoms with Crippen LogP contribution >= 0.6 is 11.3 Å². The van der Waals surface area contributed by atoms with E-state index in [0.717, 1.165) is 5.56 Å². The van der Waals surface area contributed by atoms with Crippen LogP contribution in [-0.4, -0.2) is 30.8 Å². The van der Waals surface area contributed by atoms with Crippen LogP contribution in [-0.2, 0) is 4.79 Å². The van der Waals surface area contributed by atoms with Gasteiger partial charge in [0.05, 0.1) is 16.1 Å². The Morgan fingerprint density at radius 1 is 1.16 bits per heavy atom. The number of carbonyl (C=O) groups is 3. The van der Waals surface area contributed by atoms with Crippen molar-refractivity contribution in [3.63, 3.8) is 0 Å². The lowest BCUT2D eigenvalue weighted by atomic mass is 10.2. The second kappa shape index (κ2) is 8.48. The maximum atomic E-state index is 12.2. The summed E-state index contributed by atoms with van der Waals surface area (Å²) in [6, 6.07) is 4.93. The van der Waals surface area contributed by atoms with Crippen LogP contribution in [0.15, 0.2) is 28.9 Å². The maximum absolute atomic E-state index is 12.2.